The molecular weight excluding hydrogens is 272 g/mol. The van der Waals surface area contributed by atoms with Crippen molar-refractivity contribution in [2.45, 2.75) is 24.8 Å². The average molecular weight is 290 g/mol. The van der Waals surface area contributed by atoms with Gasteiger partial charge in [0.2, 0.25) is 11.8 Å². The highest BCUT2D eigenvalue weighted by Gasteiger charge is 2.39. The molecule has 1 unspecified atom stereocenters. The second-order valence-corrected chi connectivity index (χ2v) is 5.02. The van der Waals surface area contributed by atoms with Crippen LogP contribution < -0.4 is 5.73 Å². The van der Waals surface area contributed by atoms with Gasteiger partial charge in [-0.1, -0.05) is 30.3 Å². The molecule has 0 aliphatic carbocycles. The number of imide groups is 1. The number of nitrogens with two attached hydrogens (primary N) is 1. The number of esters is 1. The zero-order chi connectivity index (χ0) is 15.5. The second-order valence-electron chi connectivity index (χ2n) is 5.02. The van der Waals surface area contributed by atoms with Crippen LogP contribution in [0.25, 0.3) is 0 Å². The first-order valence-electron chi connectivity index (χ1n) is 6.75. The van der Waals surface area contributed by atoms with Crippen LogP contribution in [0, 0.1) is 0 Å². The lowest BCUT2D eigenvalue weighted by atomic mass is 9.87. The molecule has 0 spiro atoms. The van der Waals surface area contributed by atoms with E-state index in [1.165, 1.54) is 7.11 Å². The van der Waals surface area contributed by atoms with E-state index in [9.17, 15) is 14.4 Å². The maximum absolute atomic E-state index is 12.1. The highest BCUT2D eigenvalue weighted by atomic mass is 16.5. The Bertz CT molecular complexity index is 542. The van der Waals surface area contributed by atoms with Crippen molar-refractivity contribution in [2.75, 3.05) is 13.7 Å². The first kappa shape index (κ1) is 15.2. The molecule has 0 aromatic heterocycles. The molecule has 1 heterocycles. The molecule has 2 rings (SSSR count). The van der Waals surface area contributed by atoms with Crippen molar-refractivity contribution in [1.82, 2.24) is 4.90 Å². The molecule has 1 atom stereocenters. The van der Waals surface area contributed by atoms with E-state index in [0.29, 0.717) is 5.56 Å². The Morgan fingerprint density at radius 3 is 2.33 bits per heavy atom. The van der Waals surface area contributed by atoms with Gasteiger partial charge in [0.15, 0.2) is 0 Å². The molecule has 21 heavy (non-hydrogen) atoms. The molecule has 1 aromatic rings. The Morgan fingerprint density at radius 2 is 1.81 bits per heavy atom. The monoisotopic (exact) mass is 290 g/mol. The van der Waals surface area contributed by atoms with Crippen LogP contribution in [0.1, 0.15) is 24.8 Å². The lowest BCUT2D eigenvalue weighted by molar-refractivity contribution is -0.149. The lowest BCUT2D eigenvalue weighted by Gasteiger charge is -2.28. The third-order valence-electron chi connectivity index (χ3n) is 3.72. The van der Waals surface area contributed by atoms with Crippen molar-refractivity contribution in [3.63, 3.8) is 0 Å². The molecule has 0 bridgehead atoms. The molecular formula is C15H18N2O4. The Labute approximate surface area is 122 Å². The average Bonchev–Trinajstić information content (AvgIpc) is 2.83. The summed E-state index contributed by atoms with van der Waals surface area (Å²) in [5.74, 6) is -1.03. The predicted molar refractivity (Wildman–Crippen MR) is 74.9 cm³/mol. The fraction of sp³-hybridized carbons (Fsp3) is 0.400. The van der Waals surface area contributed by atoms with Crippen LogP contribution in [-0.2, 0) is 24.7 Å². The predicted octanol–water partition coefficient (Wildman–Crippen LogP) is 0.553. The number of methoxy groups -OCH3 is 1. The van der Waals surface area contributed by atoms with Gasteiger partial charge in [-0.2, -0.15) is 0 Å². The summed E-state index contributed by atoms with van der Waals surface area (Å²) in [4.78, 5) is 36.5. The molecule has 1 aliphatic rings. The van der Waals surface area contributed by atoms with Crippen LogP contribution in [0.15, 0.2) is 30.3 Å². The Hall–Kier alpha value is -2.21. The highest BCUT2D eigenvalue weighted by molar-refractivity contribution is 6.02. The molecule has 1 aliphatic heterocycles. The van der Waals surface area contributed by atoms with Crippen molar-refractivity contribution in [2.24, 2.45) is 5.73 Å². The lowest BCUT2D eigenvalue weighted by Crippen LogP contribution is -2.48. The van der Waals surface area contributed by atoms with Gasteiger partial charge >= 0.3 is 5.97 Å². The summed E-state index contributed by atoms with van der Waals surface area (Å²) in [6, 6.07) is 8.81. The van der Waals surface area contributed by atoms with E-state index in [4.69, 9.17) is 10.5 Å². The normalized spacial score (nSPS) is 17.7. The number of benzene rings is 1. The van der Waals surface area contributed by atoms with E-state index in [1.54, 1.807) is 24.3 Å². The van der Waals surface area contributed by atoms with E-state index >= 15 is 0 Å². The molecule has 6 nitrogen and oxygen atoms in total. The molecule has 112 valence electrons. The molecule has 0 saturated carbocycles. The Morgan fingerprint density at radius 1 is 1.24 bits per heavy atom. The third-order valence-corrected chi connectivity index (χ3v) is 3.72. The van der Waals surface area contributed by atoms with E-state index in [0.717, 1.165) is 4.90 Å². The van der Waals surface area contributed by atoms with Gasteiger partial charge in [-0.3, -0.25) is 14.5 Å². The van der Waals surface area contributed by atoms with Crippen molar-refractivity contribution < 1.29 is 19.1 Å². The minimum atomic E-state index is -1.38. The summed E-state index contributed by atoms with van der Waals surface area (Å²) in [6.07, 6.45) is 0.571. The summed E-state index contributed by atoms with van der Waals surface area (Å²) in [7, 11) is 1.26. The topological polar surface area (TPSA) is 89.7 Å². The minimum absolute atomic E-state index is 0.109. The van der Waals surface area contributed by atoms with Crippen LogP contribution in [-0.4, -0.2) is 36.3 Å². The van der Waals surface area contributed by atoms with E-state index < -0.39 is 11.5 Å². The highest BCUT2D eigenvalue weighted by Crippen LogP contribution is 2.25. The van der Waals surface area contributed by atoms with Crippen molar-refractivity contribution in [3.05, 3.63) is 35.9 Å². The maximum atomic E-state index is 12.1. The SMILES string of the molecule is COC(=O)C(N)(CCN1C(=O)CCC1=O)c1ccccc1. The summed E-state index contributed by atoms with van der Waals surface area (Å²) in [5.41, 5.74) is 5.44. The molecule has 1 aromatic carbocycles. The third kappa shape index (κ3) is 2.95. The molecule has 0 radical (unpaired) electrons. The molecule has 6 heteroatoms. The number of likely N-dealkylation sites (tertiary alicyclic amines) is 1. The van der Waals surface area contributed by atoms with Gasteiger partial charge in [-0.25, -0.2) is 4.79 Å². The first-order valence-corrected chi connectivity index (χ1v) is 6.75. The largest absolute Gasteiger partial charge is 0.467 e. The zero-order valence-electron chi connectivity index (χ0n) is 11.9. The summed E-state index contributed by atoms with van der Waals surface area (Å²) < 4.78 is 4.79. The van der Waals surface area contributed by atoms with Crippen molar-refractivity contribution in [1.29, 1.82) is 0 Å². The van der Waals surface area contributed by atoms with Crippen LogP contribution >= 0.6 is 0 Å². The standard InChI is InChI=1S/C15H18N2O4/c1-21-14(20)15(16,11-5-3-2-4-6-11)9-10-17-12(18)7-8-13(17)19/h2-6H,7-10,16H2,1H3. The second kappa shape index (κ2) is 6.05. The van der Waals surface area contributed by atoms with Gasteiger partial charge in [0.25, 0.3) is 0 Å². The van der Waals surface area contributed by atoms with E-state index in [-0.39, 0.29) is 37.6 Å². The summed E-state index contributed by atoms with van der Waals surface area (Å²) in [6.45, 7) is 0.109. The molecule has 2 amide bonds. The minimum Gasteiger partial charge on any atom is -0.467 e. The quantitative estimate of drug-likeness (QED) is 0.632. The Balaban J connectivity index is 2.20. The number of hydrogen-bond donors (Lipinski definition) is 1. The van der Waals surface area contributed by atoms with Gasteiger partial charge in [-0.05, 0) is 12.0 Å². The maximum Gasteiger partial charge on any atom is 0.330 e. The van der Waals surface area contributed by atoms with Gasteiger partial charge in [0, 0.05) is 19.4 Å². The number of hydrogen-bond acceptors (Lipinski definition) is 5. The van der Waals surface area contributed by atoms with Crippen LogP contribution in [0.2, 0.25) is 0 Å². The number of ether oxygens (including phenoxy) is 1. The van der Waals surface area contributed by atoms with Crippen LogP contribution in [0.3, 0.4) is 0 Å². The van der Waals surface area contributed by atoms with Gasteiger partial charge < -0.3 is 10.5 Å². The molecule has 1 fully saturated rings. The number of nitrogens with zero attached hydrogens (tertiary/aromatic N) is 1. The fourth-order valence-corrected chi connectivity index (χ4v) is 2.44. The number of rotatable bonds is 5. The van der Waals surface area contributed by atoms with Crippen LogP contribution in [0.4, 0.5) is 0 Å². The van der Waals surface area contributed by atoms with Crippen LogP contribution in [0.5, 0.6) is 0 Å². The number of carbonyl (C=O) groups is 3. The van der Waals surface area contributed by atoms with Gasteiger partial charge in [0.05, 0.1) is 7.11 Å². The summed E-state index contributed by atoms with van der Waals surface area (Å²) >= 11 is 0. The van der Waals surface area contributed by atoms with Gasteiger partial charge in [-0.15, -0.1) is 0 Å². The zero-order valence-corrected chi connectivity index (χ0v) is 11.9. The molecule has 2 N–H and O–H groups in total. The van der Waals surface area contributed by atoms with Gasteiger partial charge in [0.1, 0.15) is 5.54 Å². The fourth-order valence-electron chi connectivity index (χ4n) is 2.44. The van der Waals surface area contributed by atoms with E-state index in [2.05, 4.69) is 0 Å². The summed E-state index contributed by atoms with van der Waals surface area (Å²) in [5, 5.41) is 0. The van der Waals surface area contributed by atoms with E-state index in [1.807, 2.05) is 6.07 Å². The smallest absolute Gasteiger partial charge is 0.330 e. The number of carbonyl (C=O) groups excluding carboxylic acids is 3. The van der Waals surface area contributed by atoms with Crippen molar-refractivity contribution in [3.8, 4) is 0 Å². The van der Waals surface area contributed by atoms with Crippen molar-refractivity contribution >= 4 is 17.8 Å². The Kier molecular flexibility index (Phi) is 4.37. The number of amides is 2. The first-order chi connectivity index (χ1) is 9.99. The molecule has 1 saturated heterocycles.